The summed E-state index contributed by atoms with van der Waals surface area (Å²) >= 11 is 0. The molecule has 0 aromatic carbocycles. The van der Waals surface area contributed by atoms with E-state index < -0.39 is 11.9 Å². The van der Waals surface area contributed by atoms with E-state index in [1.807, 2.05) is 13.8 Å². The predicted octanol–water partition coefficient (Wildman–Crippen LogP) is 1.88. The lowest BCUT2D eigenvalue weighted by molar-refractivity contribution is -0.142. The fourth-order valence-corrected chi connectivity index (χ4v) is 3.40. The van der Waals surface area contributed by atoms with Crippen LogP contribution >= 0.6 is 0 Å². The van der Waals surface area contributed by atoms with Crippen LogP contribution in [0, 0.1) is 31.6 Å². The number of carbonyl (C=O) groups is 2. The van der Waals surface area contributed by atoms with E-state index in [9.17, 15) is 14.7 Å². The van der Waals surface area contributed by atoms with Gasteiger partial charge >= 0.3 is 5.97 Å². The van der Waals surface area contributed by atoms with Crippen LogP contribution in [-0.2, 0) is 4.79 Å². The number of amides is 1. The molecular weight excluding hydrogens is 268 g/mol. The van der Waals surface area contributed by atoms with Gasteiger partial charge in [-0.1, -0.05) is 0 Å². The number of rotatable bonds is 3. The molecule has 1 aromatic rings. The lowest BCUT2D eigenvalue weighted by Gasteiger charge is -2.17. The van der Waals surface area contributed by atoms with Crippen molar-refractivity contribution in [3.8, 4) is 0 Å². The average Bonchev–Trinajstić information content (AvgIpc) is 3.15. The molecule has 5 nitrogen and oxygen atoms in total. The van der Waals surface area contributed by atoms with Crippen LogP contribution in [0.5, 0.6) is 0 Å². The Kier molecular flexibility index (Phi) is 3.43. The summed E-state index contributed by atoms with van der Waals surface area (Å²) in [7, 11) is 0. The molecule has 112 valence electrons. The highest BCUT2D eigenvalue weighted by molar-refractivity contribution is 5.95. The summed E-state index contributed by atoms with van der Waals surface area (Å²) in [6.07, 6.45) is 2.20. The summed E-state index contributed by atoms with van der Waals surface area (Å²) in [6.45, 7) is 4.62. The van der Waals surface area contributed by atoms with E-state index in [-0.39, 0.29) is 11.8 Å². The summed E-state index contributed by atoms with van der Waals surface area (Å²) < 4.78 is 0. The molecule has 21 heavy (non-hydrogen) atoms. The zero-order chi connectivity index (χ0) is 15.1. The van der Waals surface area contributed by atoms with Gasteiger partial charge in [0.25, 0.3) is 5.91 Å². The van der Waals surface area contributed by atoms with Crippen LogP contribution in [0.25, 0.3) is 0 Å². The molecule has 0 radical (unpaired) electrons. The molecule has 1 aliphatic heterocycles. The summed E-state index contributed by atoms with van der Waals surface area (Å²) in [4.78, 5) is 30.0. The van der Waals surface area contributed by atoms with Gasteiger partial charge in [-0.05, 0) is 50.7 Å². The zero-order valence-corrected chi connectivity index (χ0v) is 12.4. The maximum Gasteiger partial charge on any atom is 0.308 e. The monoisotopic (exact) mass is 288 g/mol. The van der Waals surface area contributed by atoms with E-state index in [0.717, 1.165) is 24.2 Å². The van der Waals surface area contributed by atoms with Gasteiger partial charge < -0.3 is 10.0 Å². The third-order valence-corrected chi connectivity index (χ3v) is 4.53. The van der Waals surface area contributed by atoms with Crippen molar-refractivity contribution < 1.29 is 14.7 Å². The van der Waals surface area contributed by atoms with Crippen LogP contribution < -0.4 is 0 Å². The number of carboxylic acid groups (broad SMARTS) is 1. The van der Waals surface area contributed by atoms with Crippen LogP contribution in [0.1, 0.15) is 34.6 Å². The summed E-state index contributed by atoms with van der Waals surface area (Å²) in [5.74, 6) is -0.645. The Labute approximate surface area is 124 Å². The van der Waals surface area contributed by atoms with Gasteiger partial charge in [-0.2, -0.15) is 0 Å². The van der Waals surface area contributed by atoms with E-state index in [0.29, 0.717) is 24.6 Å². The number of pyridine rings is 1. The van der Waals surface area contributed by atoms with Crippen molar-refractivity contribution in [1.29, 1.82) is 0 Å². The highest BCUT2D eigenvalue weighted by atomic mass is 16.4. The van der Waals surface area contributed by atoms with Crippen molar-refractivity contribution in [3.05, 3.63) is 29.1 Å². The molecule has 2 atom stereocenters. The third-order valence-electron chi connectivity index (χ3n) is 4.53. The fourth-order valence-electron chi connectivity index (χ4n) is 3.40. The van der Waals surface area contributed by atoms with Gasteiger partial charge in [-0.3, -0.25) is 14.6 Å². The molecule has 1 amide bonds. The number of hydrogen-bond acceptors (Lipinski definition) is 3. The normalized spacial score (nSPS) is 25.1. The minimum atomic E-state index is -0.774. The highest BCUT2D eigenvalue weighted by Gasteiger charge is 2.46. The van der Waals surface area contributed by atoms with Crippen molar-refractivity contribution in [2.24, 2.45) is 17.8 Å². The predicted molar refractivity (Wildman–Crippen MR) is 77.0 cm³/mol. The first-order valence-electron chi connectivity index (χ1n) is 7.43. The largest absolute Gasteiger partial charge is 0.481 e. The summed E-state index contributed by atoms with van der Waals surface area (Å²) in [5, 5.41) is 9.37. The Bertz CT molecular complexity index is 575. The minimum Gasteiger partial charge on any atom is -0.481 e. The van der Waals surface area contributed by atoms with Gasteiger partial charge in [0.2, 0.25) is 0 Å². The molecule has 1 N–H and O–H groups in total. The van der Waals surface area contributed by atoms with Crippen molar-refractivity contribution >= 4 is 11.9 Å². The molecule has 2 fully saturated rings. The number of aryl methyl sites for hydroxylation is 2. The van der Waals surface area contributed by atoms with Crippen molar-refractivity contribution in [3.63, 3.8) is 0 Å². The Morgan fingerprint density at radius 1 is 1.19 bits per heavy atom. The molecule has 1 aromatic heterocycles. The molecule has 1 saturated heterocycles. The lowest BCUT2D eigenvalue weighted by atomic mass is 9.92. The van der Waals surface area contributed by atoms with Crippen molar-refractivity contribution in [2.45, 2.75) is 26.7 Å². The van der Waals surface area contributed by atoms with Crippen LogP contribution in [0.2, 0.25) is 0 Å². The zero-order valence-electron chi connectivity index (χ0n) is 12.4. The fraction of sp³-hybridized carbons (Fsp3) is 0.562. The van der Waals surface area contributed by atoms with E-state index in [4.69, 9.17) is 0 Å². The first-order chi connectivity index (χ1) is 9.95. The molecule has 0 unspecified atom stereocenters. The van der Waals surface area contributed by atoms with Gasteiger partial charge in [0.05, 0.1) is 5.92 Å². The van der Waals surface area contributed by atoms with E-state index in [2.05, 4.69) is 4.98 Å². The molecule has 5 heteroatoms. The molecule has 3 rings (SSSR count). The Balaban J connectivity index is 1.80. The number of carboxylic acids is 1. The molecule has 1 aliphatic carbocycles. The minimum absolute atomic E-state index is 0.0713. The Hall–Kier alpha value is -1.91. The van der Waals surface area contributed by atoms with E-state index in [1.54, 1.807) is 17.0 Å². The van der Waals surface area contributed by atoms with Crippen molar-refractivity contribution in [1.82, 2.24) is 9.88 Å². The second-order valence-electron chi connectivity index (χ2n) is 6.29. The Morgan fingerprint density at radius 3 is 2.33 bits per heavy atom. The first kappa shape index (κ1) is 14.0. The summed E-state index contributed by atoms with van der Waals surface area (Å²) in [5.41, 5.74) is 2.23. The van der Waals surface area contributed by atoms with Gasteiger partial charge in [-0.25, -0.2) is 0 Å². The number of nitrogens with zero attached hydrogens (tertiary/aromatic N) is 2. The maximum atomic E-state index is 12.6. The van der Waals surface area contributed by atoms with E-state index >= 15 is 0 Å². The van der Waals surface area contributed by atoms with Crippen molar-refractivity contribution in [2.75, 3.05) is 13.1 Å². The second kappa shape index (κ2) is 5.13. The van der Waals surface area contributed by atoms with Crippen LogP contribution in [0.4, 0.5) is 0 Å². The summed E-state index contributed by atoms with van der Waals surface area (Å²) in [6, 6.07) is 3.55. The average molecular weight is 288 g/mol. The standard InChI is InChI=1S/C16H20N2O3/c1-9-5-12(6-10(2)17-9)15(19)18-7-13(11-3-4-11)14(8-18)16(20)21/h5-6,11,13-14H,3-4,7-8H2,1-2H3,(H,20,21)/t13-,14+/m0/s1. The number of hydrogen-bond donors (Lipinski definition) is 1. The number of aliphatic carboxylic acids is 1. The second-order valence-corrected chi connectivity index (χ2v) is 6.29. The van der Waals surface area contributed by atoms with Gasteiger partial charge in [0.1, 0.15) is 0 Å². The molecule has 0 bridgehead atoms. The molecule has 2 aliphatic rings. The SMILES string of the molecule is Cc1cc(C(=O)N2C[C@@H](C(=O)O)[C@H](C3CC3)C2)cc(C)n1. The number of likely N-dealkylation sites (tertiary alicyclic amines) is 1. The maximum absolute atomic E-state index is 12.6. The smallest absolute Gasteiger partial charge is 0.308 e. The third kappa shape index (κ3) is 2.77. The molecule has 2 heterocycles. The van der Waals surface area contributed by atoms with Gasteiger partial charge in [-0.15, -0.1) is 0 Å². The van der Waals surface area contributed by atoms with Crippen LogP contribution in [-0.4, -0.2) is 40.0 Å². The number of aromatic nitrogens is 1. The first-order valence-corrected chi connectivity index (χ1v) is 7.43. The van der Waals surface area contributed by atoms with Gasteiger partial charge in [0, 0.05) is 30.0 Å². The topological polar surface area (TPSA) is 70.5 Å². The molecule has 0 spiro atoms. The van der Waals surface area contributed by atoms with Crippen LogP contribution in [0.15, 0.2) is 12.1 Å². The number of carbonyl (C=O) groups excluding carboxylic acids is 1. The van der Waals surface area contributed by atoms with Gasteiger partial charge in [0.15, 0.2) is 0 Å². The Morgan fingerprint density at radius 2 is 1.81 bits per heavy atom. The molecular formula is C16H20N2O3. The quantitative estimate of drug-likeness (QED) is 0.922. The molecule has 1 saturated carbocycles. The van der Waals surface area contributed by atoms with Crippen LogP contribution in [0.3, 0.4) is 0 Å². The lowest BCUT2D eigenvalue weighted by Crippen LogP contribution is -2.30. The van der Waals surface area contributed by atoms with E-state index in [1.165, 1.54) is 0 Å². The highest BCUT2D eigenvalue weighted by Crippen LogP contribution is 2.44.